The second-order valence-electron chi connectivity index (χ2n) is 5.92. The van der Waals surface area contributed by atoms with Gasteiger partial charge in [-0.2, -0.15) is 0 Å². The van der Waals surface area contributed by atoms with E-state index >= 15 is 0 Å². The van der Waals surface area contributed by atoms with Crippen molar-refractivity contribution in [3.8, 4) is 0 Å². The first-order valence-electron chi connectivity index (χ1n) is 8.43. The minimum Gasteiger partial charge on any atom is -0.364 e. The highest BCUT2D eigenvalue weighted by atomic mass is 127. The lowest BCUT2D eigenvalue weighted by molar-refractivity contribution is 0.604. The fraction of sp³-hybridized carbons (Fsp3) is 0.250. The molecule has 0 bridgehead atoms. The van der Waals surface area contributed by atoms with Gasteiger partial charge in [0.25, 0.3) is 0 Å². The number of rotatable bonds is 5. The van der Waals surface area contributed by atoms with Gasteiger partial charge in [-0.05, 0) is 23.8 Å². The first-order chi connectivity index (χ1) is 12.3. The number of aliphatic imine (C=N–C) groups is 1. The summed E-state index contributed by atoms with van der Waals surface area (Å²) in [5.74, 6) is 0.439. The van der Waals surface area contributed by atoms with E-state index in [0.29, 0.717) is 24.6 Å². The van der Waals surface area contributed by atoms with Gasteiger partial charge in [0.05, 0.1) is 0 Å². The number of anilines is 1. The predicted molar refractivity (Wildman–Crippen MR) is 117 cm³/mol. The second-order valence-corrected chi connectivity index (χ2v) is 5.92. The zero-order chi connectivity index (χ0) is 17.5. The van der Waals surface area contributed by atoms with Crippen LogP contribution in [0.2, 0.25) is 0 Å². The van der Waals surface area contributed by atoms with Crippen molar-refractivity contribution >= 4 is 35.6 Å². The van der Waals surface area contributed by atoms with Crippen molar-refractivity contribution in [3.05, 3.63) is 77.6 Å². The van der Waals surface area contributed by atoms with Crippen molar-refractivity contribution in [3.63, 3.8) is 0 Å². The molecule has 0 radical (unpaired) electrons. The van der Waals surface area contributed by atoms with Gasteiger partial charge in [0.15, 0.2) is 5.96 Å². The van der Waals surface area contributed by atoms with Crippen molar-refractivity contribution in [1.82, 2.24) is 10.6 Å². The van der Waals surface area contributed by atoms with E-state index in [-0.39, 0.29) is 29.8 Å². The zero-order valence-corrected chi connectivity index (χ0v) is 17.1. The molecule has 4 nitrogen and oxygen atoms in total. The Morgan fingerprint density at radius 1 is 1.04 bits per heavy atom. The van der Waals surface area contributed by atoms with Crippen LogP contribution in [0, 0.1) is 5.82 Å². The maximum absolute atomic E-state index is 13.7. The summed E-state index contributed by atoms with van der Waals surface area (Å²) in [6, 6.07) is 15.2. The molecular formula is C20H24FIN4. The fourth-order valence-corrected chi connectivity index (χ4v) is 2.78. The van der Waals surface area contributed by atoms with Gasteiger partial charge in [0.2, 0.25) is 0 Å². The Hall–Kier alpha value is -2.09. The lowest BCUT2D eigenvalue weighted by Gasteiger charge is -2.19. The van der Waals surface area contributed by atoms with Gasteiger partial charge in [0, 0.05) is 44.5 Å². The van der Waals surface area contributed by atoms with Crippen LogP contribution in [0.15, 0.2) is 65.7 Å². The van der Waals surface area contributed by atoms with Crippen LogP contribution in [-0.2, 0) is 13.1 Å². The Bertz CT molecular complexity index is 768. The molecule has 138 valence electrons. The van der Waals surface area contributed by atoms with Gasteiger partial charge < -0.3 is 15.5 Å². The molecule has 1 aliphatic rings. The molecule has 0 fully saturated rings. The Balaban J connectivity index is 0.00000243. The summed E-state index contributed by atoms with van der Waals surface area (Å²) in [5.41, 5.74) is 3.02. The summed E-state index contributed by atoms with van der Waals surface area (Å²) in [4.78, 5) is 6.51. The number of guanidine groups is 1. The van der Waals surface area contributed by atoms with Crippen molar-refractivity contribution in [1.29, 1.82) is 0 Å². The summed E-state index contributed by atoms with van der Waals surface area (Å²) >= 11 is 0. The molecule has 2 N–H and O–H groups in total. The van der Waals surface area contributed by atoms with Crippen molar-refractivity contribution < 1.29 is 4.39 Å². The molecule has 1 aliphatic heterocycles. The summed E-state index contributed by atoms with van der Waals surface area (Å²) in [6.07, 6.45) is 4.36. The maximum Gasteiger partial charge on any atom is 0.191 e. The molecule has 2 aromatic carbocycles. The summed E-state index contributed by atoms with van der Waals surface area (Å²) < 4.78 is 13.7. The van der Waals surface area contributed by atoms with Crippen LogP contribution >= 0.6 is 24.0 Å². The van der Waals surface area contributed by atoms with E-state index in [1.165, 1.54) is 17.3 Å². The van der Waals surface area contributed by atoms with Crippen LogP contribution in [0.25, 0.3) is 0 Å². The Labute approximate surface area is 171 Å². The smallest absolute Gasteiger partial charge is 0.191 e. The number of hydrogen-bond acceptors (Lipinski definition) is 2. The molecule has 0 unspecified atom stereocenters. The predicted octanol–water partition coefficient (Wildman–Crippen LogP) is 3.69. The van der Waals surface area contributed by atoms with E-state index < -0.39 is 0 Å². The first-order valence-corrected chi connectivity index (χ1v) is 8.43. The minimum atomic E-state index is -0.211. The average Bonchev–Trinajstić information content (AvgIpc) is 3.18. The first kappa shape index (κ1) is 20.2. The Morgan fingerprint density at radius 3 is 2.50 bits per heavy atom. The normalized spacial score (nSPS) is 13.5. The average molecular weight is 466 g/mol. The topological polar surface area (TPSA) is 39.7 Å². The molecule has 0 aliphatic carbocycles. The van der Waals surface area contributed by atoms with Gasteiger partial charge in [-0.15, -0.1) is 24.0 Å². The van der Waals surface area contributed by atoms with Crippen LogP contribution in [-0.4, -0.2) is 26.1 Å². The molecule has 0 atom stereocenters. The number of nitrogens with zero attached hydrogens (tertiary/aromatic N) is 2. The van der Waals surface area contributed by atoms with Gasteiger partial charge in [-0.3, -0.25) is 4.99 Å². The molecule has 26 heavy (non-hydrogen) atoms. The maximum atomic E-state index is 13.7. The quantitative estimate of drug-likeness (QED) is 0.306. The molecule has 2 aromatic rings. The Kier molecular flexibility index (Phi) is 7.90. The lowest BCUT2D eigenvalue weighted by Crippen LogP contribution is -2.36. The number of nitrogens with one attached hydrogen (secondary N) is 2. The molecule has 0 spiro atoms. The second kappa shape index (κ2) is 10.2. The molecular weight excluding hydrogens is 442 g/mol. The molecule has 0 amide bonds. The van der Waals surface area contributed by atoms with Gasteiger partial charge in [-0.1, -0.05) is 42.5 Å². The van der Waals surface area contributed by atoms with Crippen LogP contribution in [0.5, 0.6) is 0 Å². The van der Waals surface area contributed by atoms with Crippen molar-refractivity contribution in [2.75, 3.05) is 25.0 Å². The van der Waals surface area contributed by atoms with Crippen molar-refractivity contribution in [2.45, 2.75) is 13.1 Å². The van der Waals surface area contributed by atoms with Gasteiger partial charge >= 0.3 is 0 Å². The largest absolute Gasteiger partial charge is 0.364 e. The van der Waals surface area contributed by atoms with E-state index in [9.17, 15) is 4.39 Å². The third-order valence-corrected chi connectivity index (χ3v) is 4.18. The van der Waals surface area contributed by atoms with Crippen LogP contribution in [0.1, 0.15) is 11.1 Å². The van der Waals surface area contributed by atoms with Crippen LogP contribution < -0.4 is 15.5 Å². The molecule has 1 heterocycles. The molecule has 0 saturated carbocycles. The zero-order valence-electron chi connectivity index (χ0n) is 14.8. The highest BCUT2D eigenvalue weighted by Crippen LogP contribution is 2.18. The van der Waals surface area contributed by atoms with E-state index in [1.807, 2.05) is 6.07 Å². The number of halogens is 2. The Morgan fingerprint density at radius 2 is 1.77 bits per heavy atom. The van der Waals surface area contributed by atoms with Crippen molar-refractivity contribution in [2.24, 2.45) is 4.99 Å². The third kappa shape index (κ3) is 5.45. The highest BCUT2D eigenvalue weighted by Gasteiger charge is 2.08. The van der Waals surface area contributed by atoms with Gasteiger partial charge in [0.1, 0.15) is 5.82 Å². The van der Waals surface area contributed by atoms with E-state index in [4.69, 9.17) is 0 Å². The molecule has 0 saturated heterocycles. The standard InChI is InChI=1S/C20H23FN4.HI/c1-22-20(24-15-17-8-2-3-10-19(17)21)23-14-16-7-6-9-18(13-16)25-11-4-5-12-25;/h2-10,13H,11-12,14-15H2,1H3,(H2,22,23,24);1H. The third-order valence-electron chi connectivity index (χ3n) is 4.18. The summed E-state index contributed by atoms with van der Waals surface area (Å²) in [7, 11) is 1.71. The molecule has 3 rings (SSSR count). The monoisotopic (exact) mass is 466 g/mol. The van der Waals surface area contributed by atoms with E-state index in [0.717, 1.165) is 13.1 Å². The van der Waals surface area contributed by atoms with Crippen LogP contribution in [0.3, 0.4) is 0 Å². The number of benzene rings is 2. The lowest BCUT2D eigenvalue weighted by atomic mass is 10.2. The van der Waals surface area contributed by atoms with Gasteiger partial charge in [-0.25, -0.2) is 4.39 Å². The van der Waals surface area contributed by atoms with E-state index in [2.05, 4.69) is 56.9 Å². The summed E-state index contributed by atoms with van der Waals surface area (Å²) in [5, 5.41) is 6.42. The molecule has 0 aromatic heterocycles. The summed E-state index contributed by atoms with van der Waals surface area (Å²) in [6.45, 7) is 2.98. The highest BCUT2D eigenvalue weighted by molar-refractivity contribution is 14.0. The minimum absolute atomic E-state index is 0. The van der Waals surface area contributed by atoms with E-state index in [1.54, 1.807) is 19.2 Å². The number of hydrogen-bond donors (Lipinski definition) is 2. The van der Waals surface area contributed by atoms with Crippen LogP contribution in [0.4, 0.5) is 10.1 Å². The SMILES string of the molecule is CN=C(NCc1cccc(N2CC=CC2)c1)NCc1ccccc1F.I. The molecule has 6 heteroatoms. The fourth-order valence-electron chi connectivity index (χ4n) is 2.78.